The molecular weight excluding hydrogens is 263 g/mol. The Hall–Kier alpha value is -0.380. The van der Waals surface area contributed by atoms with Crippen LogP contribution in [-0.2, 0) is 0 Å². The zero-order valence-electron chi connectivity index (χ0n) is 7.38. The molecule has 1 rings (SSSR count). The quantitative estimate of drug-likeness (QED) is 0.608. The Morgan fingerprint density at radius 2 is 1.92 bits per heavy atom. The summed E-state index contributed by atoms with van der Waals surface area (Å²) in [5.41, 5.74) is 1.37. The third kappa shape index (κ3) is 2.30. The zero-order valence-corrected chi connectivity index (χ0v) is 9.54. The lowest BCUT2D eigenvalue weighted by atomic mass is 10.2. The van der Waals surface area contributed by atoms with E-state index in [0.29, 0.717) is 3.92 Å². The van der Waals surface area contributed by atoms with Gasteiger partial charge in [0, 0.05) is 3.92 Å². The molecule has 1 aromatic rings. The highest BCUT2D eigenvalue weighted by molar-refractivity contribution is 14.2. The average molecular weight is 276 g/mol. The van der Waals surface area contributed by atoms with E-state index in [1.54, 1.807) is 7.11 Å². The molecule has 0 bridgehead atoms. The van der Waals surface area contributed by atoms with E-state index in [1.165, 1.54) is 5.56 Å². The number of benzene rings is 1. The molecule has 66 valence electrons. The van der Waals surface area contributed by atoms with Crippen molar-refractivity contribution in [1.29, 1.82) is 0 Å². The van der Waals surface area contributed by atoms with E-state index < -0.39 is 0 Å². The third-order valence-electron chi connectivity index (χ3n) is 1.81. The van der Waals surface area contributed by atoms with Gasteiger partial charge in [-0.1, -0.05) is 16.6 Å². The van der Waals surface area contributed by atoms with E-state index in [1.807, 2.05) is 12.1 Å². The number of hydrogen-bond acceptors (Lipinski definition) is 1. The van der Waals surface area contributed by atoms with E-state index in [-0.39, 0.29) is 20.7 Å². The maximum atomic E-state index is 5.08. The smallest absolute Gasteiger partial charge is 0.118 e. The van der Waals surface area contributed by atoms with Crippen LogP contribution in [0.25, 0.3) is 0 Å². The Morgan fingerprint density at radius 1 is 1.33 bits per heavy atom. The molecule has 0 N–H and O–H groups in total. The zero-order chi connectivity index (χ0) is 8.97. The number of rotatable bonds is 3. The molecule has 0 saturated carbocycles. The van der Waals surface area contributed by atoms with Crippen molar-refractivity contribution in [2.75, 3.05) is 7.11 Å². The highest BCUT2D eigenvalue weighted by Gasteiger charge is 2.00. The van der Waals surface area contributed by atoms with Crippen LogP contribution in [0.4, 0.5) is 0 Å². The Balaban J connectivity index is 2.84. The van der Waals surface area contributed by atoms with Gasteiger partial charge in [-0.2, -0.15) is 0 Å². The minimum Gasteiger partial charge on any atom is -0.497 e. The fourth-order valence-corrected chi connectivity index (χ4v) is 1.88. The van der Waals surface area contributed by atoms with Gasteiger partial charge < -0.3 is 4.74 Å². The predicted octanol–water partition coefficient (Wildman–Crippen LogP) is 3.16. The number of alkyl halides is 1. The Bertz CT molecular complexity index is 253. The molecule has 0 saturated heterocycles. The second-order valence-electron chi connectivity index (χ2n) is 2.54. The maximum absolute atomic E-state index is 5.08. The van der Waals surface area contributed by atoms with Gasteiger partial charge in [0.15, 0.2) is 0 Å². The van der Waals surface area contributed by atoms with Crippen molar-refractivity contribution in [2.45, 2.75) is 10.8 Å². The average Bonchev–Trinajstić information content (AvgIpc) is 2.17. The van der Waals surface area contributed by atoms with Crippen molar-refractivity contribution in [3.63, 3.8) is 0 Å². The van der Waals surface area contributed by atoms with Gasteiger partial charge in [0.05, 0.1) is 7.11 Å². The predicted molar refractivity (Wildman–Crippen MR) is 62.6 cm³/mol. The second kappa shape index (κ2) is 4.60. The first-order valence-corrected chi connectivity index (χ1v) is 6.56. The summed E-state index contributed by atoms with van der Waals surface area (Å²) in [6.07, 6.45) is 0. The minimum absolute atomic E-state index is 0.0608. The maximum Gasteiger partial charge on any atom is 0.118 e. The molecule has 0 radical (unpaired) electrons. The van der Waals surface area contributed by atoms with Gasteiger partial charge in [0.25, 0.3) is 0 Å². The fourth-order valence-electron chi connectivity index (χ4n) is 0.958. The summed E-state index contributed by atoms with van der Waals surface area (Å²) in [7, 11) is 1.69. The monoisotopic (exact) mass is 276 g/mol. The Labute approximate surface area is 83.5 Å². The van der Waals surface area contributed by atoms with Crippen molar-refractivity contribution in [3.8, 4) is 5.75 Å². The molecule has 0 aliphatic rings. The topological polar surface area (TPSA) is 9.23 Å². The van der Waals surface area contributed by atoms with Crippen molar-refractivity contribution in [1.82, 2.24) is 0 Å². The number of ether oxygens (including phenoxy) is 1. The van der Waals surface area contributed by atoms with E-state index in [2.05, 4.69) is 23.6 Å². The number of hydrogen-bond donors (Lipinski definition) is 0. The second-order valence-corrected chi connectivity index (χ2v) is 5.29. The highest BCUT2D eigenvalue weighted by atomic mass is 127. The molecule has 2 heteroatoms. The molecule has 1 aromatic carbocycles. The summed E-state index contributed by atoms with van der Waals surface area (Å²) in [6, 6.07) is 8.25. The molecule has 0 spiro atoms. The van der Waals surface area contributed by atoms with Gasteiger partial charge in [-0.3, -0.25) is 0 Å². The lowest BCUT2D eigenvalue weighted by Crippen LogP contribution is -1.85. The molecular formula is C10H13IO. The third-order valence-corrected chi connectivity index (χ3v) is 3.85. The fraction of sp³-hybridized carbons (Fsp3) is 0.300. The normalized spacial score (nSPS) is 12.5. The lowest BCUT2D eigenvalue weighted by Gasteiger charge is -2.05. The SMILES string of the molecule is C=IC(C)c1ccc(OC)cc1. The van der Waals surface area contributed by atoms with Crippen LogP contribution in [0.5, 0.6) is 5.75 Å². The molecule has 1 unspecified atom stereocenters. The van der Waals surface area contributed by atoms with Crippen molar-refractivity contribution in [2.24, 2.45) is 0 Å². The van der Waals surface area contributed by atoms with Gasteiger partial charge in [0.2, 0.25) is 0 Å². The number of halogens is 1. The Kier molecular flexibility index (Phi) is 3.72. The molecule has 0 aromatic heterocycles. The van der Waals surface area contributed by atoms with E-state index in [4.69, 9.17) is 4.74 Å². The molecule has 0 fully saturated rings. The van der Waals surface area contributed by atoms with Crippen molar-refractivity contribution >= 4 is 25.2 Å². The molecule has 1 nitrogen and oxygen atoms in total. The molecule has 0 heterocycles. The summed E-state index contributed by atoms with van der Waals surface area (Å²) in [6.45, 7) is 2.22. The molecule has 1 atom stereocenters. The van der Waals surface area contributed by atoms with Gasteiger partial charge in [0.1, 0.15) is 5.75 Å². The van der Waals surface area contributed by atoms with Crippen molar-refractivity contribution < 1.29 is 4.74 Å². The van der Waals surface area contributed by atoms with Crippen LogP contribution in [0.3, 0.4) is 0 Å². The van der Waals surface area contributed by atoms with Crippen LogP contribution >= 0.6 is 20.7 Å². The summed E-state index contributed by atoms with van der Waals surface area (Å²) in [5.74, 6) is 0.924. The first-order valence-electron chi connectivity index (χ1n) is 3.79. The van der Waals surface area contributed by atoms with Crippen molar-refractivity contribution in [3.05, 3.63) is 29.8 Å². The molecule has 0 aliphatic carbocycles. The minimum atomic E-state index is 0.0608. The Morgan fingerprint density at radius 3 is 2.33 bits per heavy atom. The molecule has 0 aliphatic heterocycles. The number of methoxy groups -OCH3 is 1. The van der Waals surface area contributed by atoms with Gasteiger partial charge in [-0.15, -0.1) is 20.7 Å². The van der Waals surface area contributed by atoms with E-state index >= 15 is 0 Å². The molecule has 0 amide bonds. The standard InChI is InChI=1S/C10H13IO/c1-8(11-2)9-4-6-10(12-3)7-5-9/h4-8H,2H2,1,3H3. The lowest BCUT2D eigenvalue weighted by molar-refractivity contribution is 0.414. The van der Waals surface area contributed by atoms with Gasteiger partial charge in [-0.25, -0.2) is 0 Å². The van der Waals surface area contributed by atoms with Crippen LogP contribution in [0, 0.1) is 0 Å². The van der Waals surface area contributed by atoms with E-state index in [9.17, 15) is 0 Å². The summed E-state index contributed by atoms with van der Waals surface area (Å²) < 4.78 is 9.71. The summed E-state index contributed by atoms with van der Waals surface area (Å²) >= 11 is 0.0608. The largest absolute Gasteiger partial charge is 0.497 e. The first kappa shape index (κ1) is 9.71. The highest BCUT2D eigenvalue weighted by Crippen LogP contribution is 2.27. The van der Waals surface area contributed by atoms with Crippen LogP contribution < -0.4 is 4.74 Å². The van der Waals surface area contributed by atoms with Gasteiger partial charge in [-0.05, 0) is 24.6 Å². The van der Waals surface area contributed by atoms with Crippen LogP contribution in [0.15, 0.2) is 24.3 Å². The first-order chi connectivity index (χ1) is 5.77. The molecule has 12 heavy (non-hydrogen) atoms. The summed E-state index contributed by atoms with van der Waals surface area (Å²) in [4.78, 5) is 0. The van der Waals surface area contributed by atoms with E-state index in [0.717, 1.165) is 5.75 Å². The van der Waals surface area contributed by atoms with Crippen LogP contribution in [0.1, 0.15) is 16.4 Å². The van der Waals surface area contributed by atoms with Gasteiger partial charge >= 0.3 is 0 Å². The summed E-state index contributed by atoms with van der Waals surface area (Å²) in [5, 5.41) is 0. The van der Waals surface area contributed by atoms with Crippen LogP contribution in [-0.4, -0.2) is 11.6 Å². The van der Waals surface area contributed by atoms with Crippen LogP contribution in [0.2, 0.25) is 0 Å².